The van der Waals surface area contributed by atoms with E-state index < -0.39 is 28.9 Å². The molecule has 41 heavy (non-hydrogen) atoms. The number of thiazole rings is 1. The van der Waals surface area contributed by atoms with Crippen molar-refractivity contribution in [3.8, 4) is 0 Å². The van der Waals surface area contributed by atoms with E-state index in [9.17, 15) is 23.4 Å². The fourth-order valence-electron chi connectivity index (χ4n) is 3.39. The second-order valence-electron chi connectivity index (χ2n) is 8.68. The molecule has 222 valence electrons. The third kappa shape index (κ3) is 11.8. The Balaban J connectivity index is 1.96. The first kappa shape index (κ1) is 34.3. The molecule has 0 aliphatic heterocycles. The number of carbonyl (C=O) groups is 4. The maximum atomic E-state index is 13.0. The van der Waals surface area contributed by atoms with Crippen molar-refractivity contribution in [1.29, 1.82) is 0 Å². The molecule has 0 bridgehead atoms. The van der Waals surface area contributed by atoms with Crippen LogP contribution in [0.3, 0.4) is 0 Å². The number of nitrogens with zero attached hydrogens (tertiary/aromatic N) is 2. The fraction of sp³-hybridized carbons (Fsp3) is 0.370. The quantitative estimate of drug-likeness (QED) is 0.0916. The van der Waals surface area contributed by atoms with Crippen LogP contribution in [0.2, 0.25) is 0 Å². The number of allylic oxidation sites excluding steroid dienone is 5. The maximum absolute atomic E-state index is 13.0. The molecule has 0 fully saturated rings. The van der Waals surface area contributed by atoms with Crippen LogP contribution in [0.4, 0.5) is 0 Å². The van der Waals surface area contributed by atoms with Gasteiger partial charge in [0.2, 0.25) is 0 Å². The van der Waals surface area contributed by atoms with Crippen LogP contribution in [0.15, 0.2) is 59.8 Å². The number of aromatic nitrogens is 1. The Morgan fingerprint density at radius 2 is 1.85 bits per heavy atom. The number of hydrogen-bond acceptors (Lipinski definition) is 9. The summed E-state index contributed by atoms with van der Waals surface area (Å²) in [6.45, 7) is 7.99. The molecule has 2 N–H and O–H groups in total. The second kappa shape index (κ2) is 17.8. The summed E-state index contributed by atoms with van der Waals surface area (Å²) in [7, 11) is 1.14. The predicted molar refractivity (Wildman–Crippen MR) is 167 cm³/mol. The van der Waals surface area contributed by atoms with Crippen LogP contribution in [0, 0.1) is 0 Å². The molecule has 1 aromatic rings. The Morgan fingerprint density at radius 3 is 2.56 bits per heavy atom. The van der Waals surface area contributed by atoms with Gasteiger partial charge in [-0.15, -0.1) is 11.3 Å². The summed E-state index contributed by atoms with van der Waals surface area (Å²) >= 11 is 2.05. The van der Waals surface area contributed by atoms with Crippen molar-refractivity contribution < 1.29 is 32.3 Å². The van der Waals surface area contributed by atoms with E-state index in [1.54, 1.807) is 20.6 Å². The summed E-state index contributed by atoms with van der Waals surface area (Å²) in [5.74, 6) is -2.34. The van der Waals surface area contributed by atoms with Gasteiger partial charge in [-0.2, -0.15) is 0 Å². The largest absolute Gasteiger partial charge is 0.464 e. The molecule has 1 aliphatic carbocycles. The number of hydrogen-bond donors (Lipinski definition) is 2. The minimum Gasteiger partial charge on any atom is -0.464 e. The zero-order valence-electron chi connectivity index (χ0n) is 22.9. The van der Waals surface area contributed by atoms with Crippen LogP contribution in [0.5, 0.6) is 0 Å². The molecule has 0 radical (unpaired) electrons. The highest BCUT2D eigenvalue weighted by atomic mass is 127. The number of esters is 1. The van der Waals surface area contributed by atoms with Gasteiger partial charge in [0.05, 0.1) is 42.3 Å². The summed E-state index contributed by atoms with van der Waals surface area (Å²) < 4.78 is 22.1. The van der Waals surface area contributed by atoms with Gasteiger partial charge in [-0.1, -0.05) is 50.3 Å². The van der Waals surface area contributed by atoms with E-state index in [0.29, 0.717) is 36.6 Å². The van der Waals surface area contributed by atoms with E-state index in [0.717, 1.165) is 38.4 Å². The van der Waals surface area contributed by atoms with Gasteiger partial charge >= 0.3 is 5.97 Å². The SMILES string of the molecule is C=C(NC(=O)c1csc(C2=C/C=C(/C(=O)N(I)CCCCCCOS(C)=O)CCC=C2)n1)C(=O)NC(=C)C(=O)OC. The number of carbonyl (C=O) groups excluding carboxylic acids is 4. The zero-order valence-corrected chi connectivity index (χ0v) is 26.7. The molecular weight excluding hydrogens is 683 g/mol. The Morgan fingerprint density at radius 1 is 1.12 bits per heavy atom. The molecule has 3 amide bonds. The lowest BCUT2D eigenvalue weighted by Crippen LogP contribution is -2.35. The summed E-state index contributed by atoms with van der Waals surface area (Å²) in [5, 5.41) is 6.66. The predicted octanol–water partition coefficient (Wildman–Crippen LogP) is 3.90. The topological polar surface area (TPSA) is 144 Å². The van der Waals surface area contributed by atoms with Gasteiger partial charge < -0.3 is 15.4 Å². The Labute approximate surface area is 260 Å². The minimum absolute atomic E-state index is 0.0490. The van der Waals surface area contributed by atoms with Gasteiger partial charge in [0.25, 0.3) is 17.7 Å². The monoisotopic (exact) mass is 716 g/mol. The Bertz CT molecular complexity index is 1290. The van der Waals surface area contributed by atoms with Crippen LogP contribution in [0.25, 0.3) is 5.57 Å². The average Bonchev–Trinajstić information content (AvgIpc) is 3.41. The first-order valence-corrected chi connectivity index (χ1v) is 15.9. The molecular formula is C27H33IN4O7S2. The number of rotatable bonds is 15. The number of methoxy groups -OCH3 is 1. The molecule has 0 saturated heterocycles. The van der Waals surface area contributed by atoms with E-state index in [1.165, 1.54) is 17.6 Å². The molecule has 1 aliphatic rings. The van der Waals surface area contributed by atoms with Gasteiger partial charge in [-0.25, -0.2) is 14.0 Å². The molecule has 1 atom stereocenters. The number of unbranched alkanes of at least 4 members (excludes halogenated alkanes) is 3. The Hall–Kier alpha value is -2.95. The number of amides is 3. The molecule has 11 nitrogen and oxygen atoms in total. The van der Waals surface area contributed by atoms with Crippen molar-refractivity contribution >= 4 is 74.5 Å². The third-order valence-electron chi connectivity index (χ3n) is 5.55. The highest BCUT2D eigenvalue weighted by molar-refractivity contribution is 14.1. The smallest absolute Gasteiger partial charge is 0.353 e. The van der Waals surface area contributed by atoms with Crippen molar-refractivity contribution in [3.63, 3.8) is 0 Å². The number of ether oxygens (including phenoxy) is 1. The zero-order chi connectivity index (χ0) is 30.4. The average molecular weight is 717 g/mol. The minimum atomic E-state index is -1.24. The molecule has 1 aromatic heterocycles. The van der Waals surface area contributed by atoms with E-state index in [1.807, 2.05) is 35.0 Å². The van der Waals surface area contributed by atoms with Crippen LogP contribution < -0.4 is 10.6 Å². The van der Waals surface area contributed by atoms with Crippen LogP contribution in [-0.2, 0) is 34.4 Å². The summed E-state index contributed by atoms with van der Waals surface area (Å²) in [5.41, 5.74) is 0.899. The summed E-state index contributed by atoms with van der Waals surface area (Å²) in [6, 6.07) is 0. The standard InChI is InChI=1S/C27H33IN4O7S2/c1-18(23(33)30-19(2)27(36)38-3)29-24(34)22-17-40-25(31-22)20-11-7-8-12-21(14-13-20)26(35)32(28)15-9-5-6-10-16-39-41(4)37/h7,11,13-14,17H,1-2,5-6,8-10,12,15-16H2,3-4H3,(H,29,34)(H,30,33)/b11-7?,20-13?,21-14+. The van der Waals surface area contributed by atoms with Crippen molar-refractivity contribution in [1.82, 2.24) is 18.7 Å². The van der Waals surface area contributed by atoms with Gasteiger partial charge in [-0.05, 0) is 25.7 Å². The first-order valence-electron chi connectivity index (χ1n) is 12.6. The highest BCUT2D eigenvalue weighted by Crippen LogP contribution is 2.25. The van der Waals surface area contributed by atoms with Crippen LogP contribution in [0.1, 0.15) is 54.0 Å². The van der Waals surface area contributed by atoms with Crippen LogP contribution in [-0.4, -0.2) is 62.5 Å². The molecule has 0 spiro atoms. The normalized spacial score (nSPS) is 14.8. The first-order chi connectivity index (χ1) is 19.5. The fourth-order valence-corrected chi connectivity index (χ4v) is 5.20. The van der Waals surface area contributed by atoms with E-state index >= 15 is 0 Å². The van der Waals surface area contributed by atoms with Gasteiger partial charge in [0.1, 0.15) is 16.4 Å². The lowest BCUT2D eigenvalue weighted by molar-refractivity contribution is -0.137. The molecule has 0 saturated carbocycles. The second-order valence-corrected chi connectivity index (χ2v) is 11.7. The van der Waals surface area contributed by atoms with E-state index in [-0.39, 0.29) is 23.0 Å². The number of nitrogens with one attached hydrogen (secondary N) is 2. The van der Waals surface area contributed by atoms with Crippen molar-refractivity contribution in [2.24, 2.45) is 0 Å². The molecule has 1 unspecified atom stereocenters. The van der Waals surface area contributed by atoms with Gasteiger partial charge in [0, 0.05) is 29.3 Å². The molecule has 0 aromatic carbocycles. The molecule has 2 rings (SSSR count). The lowest BCUT2D eigenvalue weighted by atomic mass is 10.0. The summed E-state index contributed by atoms with van der Waals surface area (Å²) in [4.78, 5) is 53.6. The molecule has 14 heteroatoms. The number of halogens is 1. The van der Waals surface area contributed by atoms with E-state index in [4.69, 9.17) is 4.18 Å². The van der Waals surface area contributed by atoms with Crippen LogP contribution >= 0.6 is 34.2 Å². The molecule has 1 heterocycles. The van der Waals surface area contributed by atoms with E-state index in [2.05, 4.69) is 33.5 Å². The maximum Gasteiger partial charge on any atom is 0.353 e. The van der Waals surface area contributed by atoms with Gasteiger partial charge in [-0.3, -0.25) is 21.7 Å². The Kier molecular flexibility index (Phi) is 14.8. The van der Waals surface area contributed by atoms with Crippen molar-refractivity contribution in [3.05, 3.63) is 70.5 Å². The lowest BCUT2D eigenvalue weighted by Gasteiger charge is -2.17. The van der Waals surface area contributed by atoms with Gasteiger partial charge in [0.15, 0.2) is 11.1 Å². The van der Waals surface area contributed by atoms with Crippen molar-refractivity contribution in [2.45, 2.75) is 38.5 Å². The van der Waals surface area contributed by atoms with Crippen molar-refractivity contribution in [2.75, 3.05) is 26.5 Å². The highest BCUT2D eigenvalue weighted by Gasteiger charge is 2.19. The summed E-state index contributed by atoms with van der Waals surface area (Å²) in [6.07, 6.45) is 13.8. The third-order valence-corrected chi connectivity index (χ3v) is 7.86.